The average Bonchev–Trinajstić information content (AvgIpc) is 1.69. The first-order valence-corrected chi connectivity index (χ1v) is 4.08. The average molecular weight is 128 g/mol. The first-order valence-electron chi connectivity index (χ1n) is 2.45. The molecule has 0 fully saturated rings. The second-order valence-corrected chi connectivity index (χ2v) is 2.86. The Kier molecular flexibility index (Phi) is 13.6. The Morgan fingerprint density at radius 2 is 1.50 bits per heavy atom. The van der Waals surface area contributed by atoms with Crippen LogP contribution in [0.25, 0.3) is 0 Å². The van der Waals surface area contributed by atoms with Crippen LogP contribution in [0.2, 0.25) is 10.6 Å². The molecule has 8 heavy (non-hydrogen) atoms. The molecular formula is C6H10AlF. The topological polar surface area (TPSA) is 0 Å². The fourth-order valence-electron chi connectivity index (χ4n) is 0.332. The van der Waals surface area contributed by atoms with E-state index in [1.807, 2.05) is 12.2 Å². The van der Waals surface area contributed by atoms with Gasteiger partial charge in [-0.15, -0.1) is 0 Å². The summed E-state index contributed by atoms with van der Waals surface area (Å²) in [6.45, 7) is 7.24. The molecule has 0 N–H and O–H groups in total. The van der Waals surface area contributed by atoms with Crippen molar-refractivity contribution in [2.24, 2.45) is 0 Å². The third-order valence-corrected chi connectivity index (χ3v) is 2.00. The third kappa shape index (κ3) is 9.34. The van der Waals surface area contributed by atoms with Gasteiger partial charge in [-0.05, 0) is 0 Å². The normalized spacial score (nSPS) is 6.00. The molecule has 0 spiro atoms. The van der Waals surface area contributed by atoms with E-state index in [2.05, 4.69) is 13.2 Å². The molecule has 0 aromatic heterocycles. The molecule has 0 amide bonds. The predicted octanol–water partition coefficient (Wildman–Crippen LogP) is -1.10. The van der Waals surface area contributed by atoms with Crippen molar-refractivity contribution in [3.8, 4) is 0 Å². The van der Waals surface area contributed by atoms with Gasteiger partial charge in [0.1, 0.15) is 0 Å². The predicted molar refractivity (Wildman–Crippen MR) is 35.8 cm³/mol. The number of allylic oxidation sites excluding steroid dienone is 2. The maximum atomic E-state index is 3.62. The van der Waals surface area contributed by atoms with Crippen LogP contribution in [0.3, 0.4) is 0 Å². The standard InChI is InChI=1S/2C3H5.Al.FH/c2*1-3-2;;/h2*3H,1-2H2;;1H/q;;+1;/p-1. The van der Waals surface area contributed by atoms with Gasteiger partial charge in [0.25, 0.3) is 0 Å². The minimum absolute atomic E-state index is 0. The first-order chi connectivity index (χ1) is 3.41. The Hall–Kier alpha value is -0.0575. The molecule has 44 valence electrons. The molecule has 0 unspecified atom stereocenters. The molecule has 0 saturated carbocycles. The van der Waals surface area contributed by atoms with E-state index in [9.17, 15) is 0 Å². The maximum Gasteiger partial charge on any atom is -1.00 e. The van der Waals surface area contributed by atoms with Crippen LogP contribution in [0.5, 0.6) is 0 Å². The minimum atomic E-state index is 0. The van der Waals surface area contributed by atoms with Crippen molar-refractivity contribution in [1.29, 1.82) is 0 Å². The number of hydrogen-bond acceptors (Lipinski definition) is 0. The zero-order valence-corrected chi connectivity index (χ0v) is 6.09. The molecule has 0 aromatic carbocycles. The molecule has 0 radical (unpaired) electrons. The van der Waals surface area contributed by atoms with Gasteiger partial charge in [-0.1, -0.05) is 0 Å². The molecule has 0 saturated heterocycles. The van der Waals surface area contributed by atoms with E-state index in [0.717, 1.165) is 0 Å². The van der Waals surface area contributed by atoms with Gasteiger partial charge in [-0.25, -0.2) is 0 Å². The summed E-state index contributed by atoms with van der Waals surface area (Å²) in [6, 6.07) is 0. The molecule has 0 aliphatic carbocycles. The van der Waals surface area contributed by atoms with E-state index >= 15 is 0 Å². The summed E-state index contributed by atoms with van der Waals surface area (Å²) < 4.78 is 0. The van der Waals surface area contributed by atoms with Crippen molar-refractivity contribution in [2.75, 3.05) is 0 Å². The van der Waals surface area contributed by atoms with Crippen LogP contribution in [0.4, 0.5) is 0 Å². The van der Waals surface area contributed by atoms with Crippen molar-refractivity contribution in [2.45, 2.75) is 10.6 Å². The molecule has 2 heteroatoms. The number of hydrogen-bond donors (Lipinski definition) is 0. The Balaban J connectivity index is 0. The largest absolute Gasteiger partial charge is 1.00 e. The maximum absolute atomic E-state index is 3.62. The smallest absolute Gasteiger partial charge is 1.00 e. The fourth-order valence-corrected chi connectivity index (χ4v) is 0.996. The molecule has 0 rings (SSSR count). The van der Waals surface area contributed by atoms with Crippen molar-refractivity contribution in [1.82, 2.24) is 0 Å². The van der Waals surface area contributed by atoms with Gasteiger partial charge in [-0.2, -0.15) is 0 Å². The van der Waals surface area contributed by atoms with Crippen molar-refractivity contribution < 1.29 is 4.70 Å². The summed E-state index contributed by atoms with van der Waals surface area (Å²) in [5.41, 5.74) is 0. The summed E-state index contributed by atoms with van der Waals surface area (Å²) >= 11 is 0.586. The second-order valence-electron chi connectivity index (χ2n) is 1.34. The van der Waals surface area contributed by atoms with Gasteiger partial charge in [0.05, 0.1) is 0 Å². The Labute approximate surface area is 56.4 Å². The first kappa shape index (κ1) is 10.8. The van der Waals surface area contributed by atoms with Gasteiger partial charge in [0.15, 0.2) is 0 Å². The van der Waals surface area contributed by atoms with Gasteiger partial charge in [0.2, 0.25) is 0 Å². The quantitative estimate of drug-likeness (QED) is 0.256. The van der Waals surface area contributed by atoms with Crippen LogP contribution in [-0.2, 0) is 0 Å². The number of rotatable bonds is 4. The summed E-state index contributed by atoms with van der Waals surface area (Å²) in [6.07, 6.45) is 3.94. The summed E-state index contributed by atoms with van der Waals surface area (Å²) in [4.78, 5) is 0. The van der Waals surface area contributed by atoms with E-state index in [4.69, 9.17) is 0 Å². The minimum Gasteiger partial charge on any atom is -1.00 e. The number of halogens is 1. The fraction of sp³-hybridized carbons (Fsp3) is 0.333. The molecule has 0 atom stereocenters. The van der Waals surface area contributed by atoms with Crippen LogP contribution in [0, 0.1) is 0 Å². The van der Waals surface area contributed by atoms with Crippen LogP contribution in [-0.4, -0.2) is 15.2 Å². The van der Waals surface area contributed by atoms with Crippen molar-refractivity contribution in [3.63, 3.8) is 0 Å². The Morgan fingerprint density at radius 3 is 1.75 bits per heavy atom. The zero-order valence-electron chi connectivity index (χ0n) is 4.94. The van der Waals surface area contributed by atoms with E-state index in [1.54, 1.807) is 0 Å². The molecule has 0 aliphatic heterocycles. The molecule has 0 aliphatic rings. The van der Waals surface area contributed by atoms with Crippen LogP contribution < -0.4 is 4.70 Å². The van der Waals surface area contributed by atoms with Crippen molar-refractivity contribution in [3.05, 3.63) is 25.3 Å². The van der Waals surface area contributed by atoms with Gasteiger partial charge >= 0.3 is 51.1 Å². The molecule has 0 heterocycles. The van der Waals surface area contributed by atoms with Crippen LogP contribution >= 0.6 is 0 Å². The summed E-state index contributed by atoms with van der Waals surface area (Å²) in [5, 5.41) is 2.40. The van der Waals surface area contributed by atoms with E-state index < -0.39 is 0 Å². The third-order valence-electron chi connectivity index (χ3n) is 0.667. The van der Waals surface area contributed by atoms with Crippen LogP contribution in [0.15, 0.2) is 25.3 Å². The van der Waals surface area contributed by atoms with Gasteiger partial charge < -0.3 is 4.70 Å². The second kappa shape index (κ2) is 10.0. The van der Waals surface area contributed by atoms with E-state index in [0.29, 0.717) is 15.2 Å². The molecule has 0 bridgehead atoms. The molecule has 0 aromatic rings. The SMILES string of the molecule is C=C[CH2][Al+][CH2]C=C.[F-]. The van der Waals surface area contributed by atoms with Crippen molar-refractivity contribution >= 4 is 15.2 Å². The zero-order chi connectivity index (χ0) is 5.54. The van der Waals surface area contributed by atoms with E-state index in [-0.39, 0.29) is 4.70 Å². The monoisotopic (exact) mass is 128 g/mol. The summed E-state index contributed by atoms with van der Waals surface area (Å²) in [7, 11) is 0. The van der Waals surface area contributed by atoms with E-state index in [1.165, 1.54) is 10.6 Å². The van der Waals surface area contributed by atoms with Gasteiger partial charge in [0, 0.05) is 0 Å². The summed E-state index contributed by atoms with van der Waals surface area (Å²) in [5.74, 6) is 0. The Bertz CT molecular complexity index is 53.5. The molecular weight excluding hydrogens is 118 g/mol. The van der Waals surface area contributed by atoms with Gasteiger partial charge in [-0.3, -0.25) is 0 Å². The van der Waals surface area contributed by atoms with Crippen LogP contribution in [0.1, 0.15) is 0 Å². The Morgan fingerprint density at radius 1 is 1.12 bits per heavy atom. The molecule has 0 nitrogen and oxygen atoms in total.